The second-order valence-corrected chi connectivity index (χ2v) is 4.84. The van der Waals surface area contributed by atoms with Gasteiger partial charge in [0.25, 0.3) is 5.91 Å². The van der Waals surface area contributed by atoms with Gasteiger partial charge in [-0.25, -0.2) is 4.39 Å². The maximum atomic E-state index is 12.7. The molecule has 0 heterocycles. The third-order valence-electron chi connectivity index (χ3n) is 2.27. The number of hydrogen-bond donors (Lipinski definition) is 2. The van der Waals surface area contributed by atoms with Crippen molar-refractivity contribution in [2.75, 3.05) is 18.6 Å². The molecule has 0 saturated carbocycles. The van der Waals surface area contributed by atoms with Crippen LogP contribution in [0.15, 0.2) is 18.2 Å². The number of benzene rings is 1. The monoisotopic (exact) mass is 257 g/mol. The largest absolute Gasteiger partial charge is 0.507 e. The molecule has 1 atom stereocenters. The lowest BCUT2D eigenvalue weighted by atomic mass is 10.1. The van der Waals surface area contributed by atoms with Crippen molar-refractivity contribution in [1.82, 2.24) is 5.32 Å². The summed E-state index contributed by atoms with van der Waals surface area (Å²) in [7, 11) is 0. The fourth-order valence-corrected chi connectivity index (χ4v) is 2.09. The highest BCUT2D eigenvalue weighted by Gasteiger charge is 2.12. The van der Waals surface area contributed by atoms with Crippen LogP contribution in [0.4, 0.5) is 4.39 Å². The van der Waals surface area contributed by atoms with Crippen molar-refractivity contribution in [3.05, 3.63) is 29.6 Å². The maximum Gasteiger partial charge on any atom is 0.255 e. The number of nitrogens with one attached hydrogen (secondary N) is 1. The molecule has 17 heavy (non-hydrogen) atoms. The lowest BCUT2D eigenvalue weighted by Crippen LogP contribution is -2.29. The van der Waals surface area contributed by atoms with Gasteiger partial charge in [-0.1, -0.05) is 6.92 Å². The smallest absolute Gasteiger partial charge is 0.255 e. The van der Waals surface area contributed by atoms with E-state index in [2.05, 4.69) is 5.32 Å². The first kappa shape index (κ1) is 13.8. The van der Waals surface area contributed by atoms with Gasteiger partial charge in [0.15, 0.2) is 0 Å². The van der Waals surface area contributed by atoms with Gasteiger partial charge < -0.3 is 10.4 Å². The summed E-state index contributed by atoms with van der Waals surface area (Å²) in [6.45, 7) is 2.57. The Morgan fingerprint density at radius 1 is 1.59 bits per heavy atom. The number of amides is 1. The molecular formula is C12H16FNO2S. The molecule has 0 aliphatic rings. The Kier molecular flexibility index (Phi) is 5.28. The number of carbonyl (C=O) groups excluding carboxylic acids is 1. The van der Waals surface area contributed by atoms with Gasteiger partial charge in [0.05, 0.1) is 5.56 Å². The molecule has 0 aromatic heterocycles. The van der Waals surface area contributed by atoms with Crippen molar-refractivity contribution >= 4 is 17.7 Å². The van der Waals surface area contributed by atoms with Crippen LogP contribution in [-0.2, 0) is 0 Å². The number of halogens is 1. The molecule has 0 spiro atoms. The van der Waals surface area contributed by atoms with Crippen LogP contribution >= 0.6 is 11.8 Å². The highest BCUT2D eigenvalue weighted by molar-refractivity contribution is 7.98. The number of phenolic OH excluding ortho intramolecular Hbond substituents is 1. The number of hydrogen-bond acceptors (Lipinski definition) is 3. The molecule has 5 heteroatoms. The average molecular weight is 257 g/mol. The summed E-state index contributed by atoms with van der Waals surface area (Å²) in [5.41, 5.74) is 0.0998. The van der Waals surface area contributed by atoms with Crippen LogP contribution in [0.1, 0.15) is 17.3 Å². The van der Waals surface area contributed by atoms with Crippen LogP contribution in [0, 0.1) is 11.7 Å². The summed E-state index contributed by atoms with van der Waals surface area (Å²) in [6, 6.07) is 3.36. The van der Waals surface area contributed by atoms with Crippen molar-refractivity contribution < 1.29 is 14.3 Å². The summed E-state index contributed by atoms with van der Waals surface area (Å²) in [5.74, 6) is 0.0391. The predicted octanol–water partition coefficient (Wildman–Crippen LogP) is 2.26. The van der Waals surface area contributed by atoms with E-state index >= 15 is 0 Å². The number of aromatic hydroxyl groups is 1. The van der Waals surface area contributed by atoms with Crippen LogP contribution in [0.2, 0.25) is 0 Å². The molecule has 0 aliphatic carbocycles. The van der Waals surface area contributed by atoms with Gasteiger partial charge in [0, 0.05) is 12.6 Å². The molecular weight excluding hydrogens is 241 g/mol. The van der Waals surface area contributed by atoms with E-state index in [0.29, 0.717) is 12.5 Å². The van der Waals surface area contributed by atoms with E-state index in [1.807, 2.05) is 13.2 Å². The minimum absolute atomic E-state index is 0.0998. The van der Waals surface area contributed by atoms with Crippen molar-refractivity contribution in [2.24, 2.45) is 5.92 Å². The molecule has 3 nitrogen and oxygen atoms in total. The first-order chi connectivity index (χ1) is 8.04. The first-order valence-corrected chi connectivity index (χ1v) is 6.69. The Hall–Kier alpha value is -1.23. The Labute approximate surface area is 104 Å². The summed E-state index contributed by atoms with van der Waals surface area (Å²) in [5, 5.41) is 12.1. The quantitative estimate of drug-likeness (QED) is 0.850. The zero-order valence-corrected chi connectivity index (χ0v) is 10.7. The first-order valence-electron chi connectivity index (χ1n) is 5.30. The lowest BCUT2D eigenvalue weighted by Gasteiger charge is -2.11. The fraction of sp³-hybridized carbons (Fsp3) is 0.417. The van der Waals surface area contributed by atoms with Crippen LogP contribution in [0.5, 0.6) is 5.75 Å². The Bertz CT molecular complexity index is 398. The Balaban J connectivity index is 2.58. The molecule has 1 aromatic carbocycles. The molecule has 1 unspecified atom stereocenters. The van der Waals surface area contributed by atoms with Crippen LogP contribution in [-0.4, -0.2) is 29.6 Å². The SMILES string of the molecule is CSCC(C)CNC(=O)c1ccc(F)cc1O. The highest BCUT2D eigenvalue weighted by atomic mass is 32.2. The van der Waals surface area contributed by atoms with E-state index in [0.717, 1.165) is 17.9 Å². The van der Waals surface area contributed by atoms with E-state index in [1.165, 1.54) is 6.07 Å². The molecule has 1 amide bonds. The number of carbonyl (C=O) groups is 1. The second kappa shape index (κ2) is 6.49. The molecule has 0 radical (unpaired) electrons. The molecule has 1 rings (SSSR count). The van der Waals surface area contributed by atoms with Gasteiger partial charge in [0.1, 0.15) is 11.6 Å². The molecule has 2 N–H and O–H groups in total. The fourth-order valence-electron chi connectivity index (χ4n) is 1.40. The summed E-state index contributed by atoms with van der Waals surface area (Å²) < 4.78 is 12.7. The molecule has 0 aliphatic heterocycles. The zero-order valence-electron chi connectivity index (χ0n) is 9.87. The van der Waals surface area contributed by atoms with Gasteiger partial charge in [-0.15, -0.1) is 0 Å². The normalized spacial score (nSPS) is 12.2. The van der Waals surface area contributed by atoms with Crippen LogP contribution in [0.25, 0.3) is 0 Å². The van der Waals surface area contributed by atoms with E-state index in [9.17, 15) is 14.3 Å². The van der Waals surface area contributed by atoms with E-state index in [-0.39, 0.29) is 17.2 Å². The standard InChI is InChI=1S/C12H16FNO2S/c1-8(7-17-2)6-14-12(16)10-4-3-9(13)5-11(10)15/h3-5,8,15H,6-7H2,1-2H3,(H,14,16). The Morgan fingerprint density at radius 2 is 2.29 bits per heavy atom. The second-order valence-electron chi connectivity index (χ2n) is 3.93. The third-order valence-corrected chi connectivity index (χ3v) is 3.17. The van der Waals surface area contributed by atoms with Crippen molar-refractivity contribution in [2.45, 2.75) is 6.92 Å². The van der Waals surface area contributed by atoms with Gasteiger partial charge >= 0.3 is 0 Å². The molecule has 0 bridgehead atoms. The lowest BCUT2D eigenvalue weighted by molar-refractivity contribution is 0.0946. The van der Waals surface area contributed by atoms with Gasteiger partial charge in [-0.2, -0.15) is 11.8 Å². The molecule has 94 valence electrons. The predicted molar refractivity (Wildman–Crippen MR) is 67.9 cm³/mol. The summed E-state index contributed by atoms with van der Waals surface area (Å²) in [4.78, 5) is 11.7. The van der Waals surface area contributed by atoms with Gasteiger partial charge in [0.2, 0.25) is 0 Å². The molecule has 0 fully saturated rings. The summed E-state index contributed by atoms with van der Waals surface area (Å²) in [6.07, 6.45) is 2.00. The van der Waals surface area contributed by atoms with Crippen molar-refractivity contribution in [1.29, 1.82) is 0 Å². The third kappa shape index (κ3) is 4.26. The minimum atomic E-state index is -0.560. The van der Waals surface area contributed by atoms with Crippen LogP contribution < -0.4 is 5.32 Å². The number of phenols is 1. The zero-order chi connectivity index (χ0) is 12.8. The minimum Gasteiger partial charge on any atom is -0.507 e. The maximum absolute atomic E-state index is 12.7. The Morgan fingerprint density at radius 3 is 2.88 bits per heavy atom. The molecule has 1 aromatic rings. The van der Waals surface area contributed by atoms with Gasteiger partial charge in [-0.05, 0) is 30.1 Å². The average Bonchev–Trinajstić information content (AvgIpc) is 2.26. The van der Waals surface area contributed by atoms with E-state index in [4.69, 9.17) is 0 Å². The highest BCUT2D eigenvalue weighted by Crippen LogP contribution is 2.17. The van der Waals surface area contributed by atoms with Crippen molar-refractivity contribution in [3.8, 4) is 5.75 Å². The number of rotatable bonds is 5. The van der Waals surface area contributed by atoms with E-state index < -0.39 is 5.82 Å². The topological polar surface area (TPSA) is 49.3 Å². The van der Waals surface area contributed by atoms with Gasteiger partial charge in [-0.3, -0.25) is 4.79 Å². The summed E-state index contributed by atoms with van der Waals surface area (Å²) >= 11 is 1.71. The number of thioether (sulfide) groups is 1. The van der Waals surface area contributed by atoms with Crippen LogP contribution in [0.3, 0.4) is 0 Å². The van der Waals surface area contributed by atoms with E-state index in [1.54, 1.807) is 11.8 Å². The molecule has 0 saturated heterocycles. The van der Waals surface area contributed by atoms with Crippen molar-refractivity contribution in [3.63, 3.8) is 0 Å².